The lowest BCUT2D eigenvalue weighted by atomic mass is 10.1. The molecule has 0 amide bonds. The van der Waals surface area contributed by atoms with Gasteiger partial charge in [-0.25, -0.2) is 9.59 Å². The lowest BCUT2D eigenvalue weighted by Crippen LogP contribution is -2.02. The van der Waals surface area contributed by atoms with Crippen LogP contribution in [0.1, 0.15) is 15.9 Å². The highest BCUT2D eigenvalue weighted by Gasteiger charge is 2.05. The van der Waals surface area contributed by atoms with E-state index in [1.165, 1.54) is 13.2 Å². The van der Waals surface area contributed by atoms with Crippen LogP contribution < -0.4 is 10.4 Å². The van der Waals surface area contributed by atoms with Crippen molar-refractivity contribution < 1.29 is 18.7 Å². The molecule has 2 aromatic carbocycles. The van der Waals surface area contributed by atoms with Gasteiger partial charge in [0, 0.05) is 17.5 Å². The summed E-state index contributed by atoms with van der Waals surface area (Å²) in [5, 5.41) is 0.833. The third kappa shape index (κ3) is 3.40. The molecule has 0 aliphatic carbocycles. The molecule has 0 saturated carbocycles. The largest absolute Gasteiger partial charge is 0.489 e. The van der Waals surface area contributed by atoms with Gasteiger partial charge in [0.15, 0.2) is 0 Å². The quantitative estimate of drug-likeness (QED) is 0.547. The molecular weight excluding hydrogens is 296 g/mol. The Morgan fingerprint density at radius 1 is 1.04 bits per heavy atom. The topological polar surface area (TPSA) is 65.7 Å². The summed E-state index contributed by atoms with van der Waals surface area (Å²) < 4.78 is 15.5. The van der Waals surface area contributed by atoms with E-state index in [1.54, 1.807) is 36.4 Å². The molecule has 1 aromatic heterocycles. The van der Waals surface area contributed by atoms with Gasteiger partial charge in [-0.05, 0) is 35.9 Å². The number of hydrogen-bond donors (Lipinski definition) is 0. The average Bonchev–Trinajstić information content (AvgIpc) is 2.59. The van der Waals surface area contributed by atoms with Crippen LogP contribution in [0, 0.1) is 0 Å². The lowest BCUT2D eigenvalue weighted by molar-refractivity contribution is 0.0600. The van der Waals surface area contributed by atoms with Gasteiger partial charge in [-0.2, -0.15) is 0 Å². The number of fused-ring (bicyclic) bond motifs is 1. The summed E-state index contributed by atoms with van der Waals surface area (Å²) in [5.41, 5.74) is 1.49. The van der Waals surface area contributed by atoms with Gasteiger partial charge in [0.2, 0.25) is 0 Å². The first-order chi connectivity index (χ1) is 11.2. The monoisotopic (exact) mass is 310 g/mol. The first kappa shape index (κ1) is 14.8. The predicted molar refractivity (Wildman–Crippen MR) is 84.6 cm³/mol. The van der Waals surface area contributed by atoms with Crippen LogP contribution in [0.4, 0.5) is 0 Å². The highest BCUT2D eigenvalue weighted by Crippen LogP contribution is 2.20. The number of hydrogen-bond acceptors (Lipinski definition) is 5. The molecule has 0 fully saturated rings. The molecule has 3 aromatic rings. The summed E-state index contributed by atoms with van der Waals surface area (Å²) in [5.74, 6) is 0.228. The summed E-state index contributed by atoms with van der Waals surface area (Å²) in [6, 6.07) is 15.4. The summed E-state index contributed by atoms with van der Waals surface area (Å²) in [6.45, 7) is 0.337. The normalized spacial score (nSPS) is 10.5. The van der Waals surface area contributed by atoms with Crippen molar-refractivity contribution in [3.05, 3.63) is 76.1 Å². The zero-order chi connectivity index (χ0) is 16.2. The van der Waals surface area contributed by atoms with Crippen molar-refractivity contribution in [2.75, 3.05) is 7.11 Å². The van der Waals surface area contributed by atoms with Crippen molar-refractivity contribution >= 4 is 16.9 Å². The molecule has 3 rings (SSSR count). The zero-order valence-corrected chi connectivity index (χ0v) is 12.4. The Bertz CT molecular complexity index is 893. The van der Waals surface area contributed by atoms with Gasteiger partial charge < -0.3 is 13.9 Å². The molecule has 116 valence electrons. The standard InChI is InChI=1S/C18H14O5/c1-21-18(20)14-4-2-12(3-5-14)11-22-15-8-6-13-7-9-17(19)23-16(13)10-15/h2-10H,11H2,1H3. The molecule has 0 unspecified atom stereocenters. The molecule has 0 atom stereocenters. The Hall–Kier alpha value is -3.08. The van der Waals surface area contributed by atoms with Gasteiger partial charge in [0.25, 0.3) is 0 Å². The second-order valence-electron chi connectivity index (χ2n) is 4.93. The number of benzene rings is 2. The van der Waals surface area contributed by atoms with E-state index in [0.29, 0.717) is 23.5 Å². The minimum absolute atomic E-state index is 0.337. The highest BCUT2D eigenvalue weighted by atomic mass is 16.5. The SMILES string of the molecule is COC(=O)c1ccc(COc2ccc3ccc(=O)oc3c2)cc1. The molecule has 0 bridgehead atoms. The van der Waals surface area contributed by atoms with Crippen molar-refractivity contribution in [1.29, 1.82) is 0 Å². The Kier molecular flexibility index (Phi) is 4.10. The van der Waals surface area contributed by atoms with Crippen LogP contribution in [0.3, 0.4) is 0 Å². The number of methoxy groups -OCH3 is 1. The van der Waals surface area contributed by atoms with E-state index in [1.807, 2.05) is 12.1 Å². The van der Waals surface area contributed by atoms with E-state index >= 15 is 0 Å². The molecule has 1 heterocycles. The van der Waals surface area contributed by atoms with E-state index < -0.39 is 5.63 Å². The van der Waals surface area contributed by atoms with Crippen molar-refractivity contribution in [2.45, 2.75) is 6.61 Å². The van der Waals surface area contributed by atoms with E-state index in [9.17, 15) is 9.59 Å². The second-order valence-corrected chi connectivity index (χ2v) is 4.93. The number of esters is 1. The first-order valence-electron chi connectivity index (χ1n) is 7.00. The molecule has 0 aliphatic heterocycles. The van der Waals surface area contributed by atoms with E-state index in [2.05, 4.69) is 4.74 Å². The maximum absolute atomic E-state index is 11.4. The third-order valence-corrected chi connectivity index (χ3v) is 3.38. The fourth-order valence-electron chi connectivity index (χ4n) is 2.15. The maximum Gasteiger partial charge on any atom is 0.337 e. The van der Waals surface area contributed by atoms with E-state index in [4.69, 9.17) is 9.15 Å². The van der Waals surface area contributed by atoms with Crippen molar-refractivity contribution in [3.63, 3.8) is 0 Å². The zero-order valence-electron chi connectivity index (χ0n) is 12.4. The molecule has 23 heavy (non-hydrogen) atoms. The summed E-state index contributed by atoms with van der Waals surface area (Å²) >= 11 is 0. The van der Waals surface area contributed by atoms with Crippen LogP contribution in [-0.2, 0) is 11.3 Å². The van der Waals surface area contributed by atoms with Gasteiger partial charge in [0.1, 0.15) is 17.9 Å². The van der Waals surface area contributed by atoms with Crippen molar-refractivity contribution in [3.8, 4) is 5.75 Å². The van der Waals surface area contributed by atoms with Gasteiger partial charge in [-0.1, -0.05) is 12.1 Å². The fourth-order valence-corrected chi connectivity index (χ4v) is 2.15. The van der Waals surface area contributed by atoms with Crippen LogP contribution in [0.5, 0.6) is 5.75 Å². The average molecular weight is 310 g/mol. The summed E-state index contributed by atoms with van der Waals surface area (Å²) in [6.07, 6.45) is 0. The van der Waals surface area contributed by atoms with Crippen molar-refractivity contribution in [2.24, 2.45) is 0 Å². The van der Waals surface area contributed by atoms with Crippen LogP contribution in [0.2, 0.25) is 0 Å². The van der Waals surface area contributed by atoms with Gasteiger partial charge in [-0.15, -0.1) is 0 Å². The first-order valence-corrected chi connectivity index (χ1v) is 7.00. The minimum atomic E-state index is -0.395. The predicted octanol–water partition coefficient (Wildman–Crippen LogP) is 3.16. The van der Waals surface area contributed by atoms with E-state index in [-0.39, 0.29) is 5.97 Å². The van der Waals surface area contributed by atoms with Gasteiger partial charge >= 0.3 is 11.6 Å². The molecular formula is C18H14O5. The number of carbonyl (C=O) groups is 1. The van der Waals surface area contributed by atoms with Crippen LogP contribution >= 0.6 is 0 Å². The Morgan fingerprint density at radius 2 is 1.78 bits per heavy atom. The van der Waals surface area contributed by atoms with Crippen molar-refractivity contribution in [1.82, 2.24) is 0 Å². The third-order valence-electron chi connectivity index (χ3n) is 3.38. The lowest BCUT2D eigenvalue weighted by Gasteiger charge is -2.07. The van der Waals surface area contributed by atoms with E-state index in [0.717, 1.165) is 10.9 Å². The van der Waals surface area contributed by atoms with Gasteiger partial charge in [0.05, 0.1) is 12.7 Å². The van der Waals surface area contributed by atoms with Crippen LogP contribution in [0.15, 0.2) is 63.8 Å². The van der Waals surface area contributed by atoms with Crippen LogP contribution in [-0.4, -0.2) is 13.1 Å². The number of ether oxygens (including phenoxy) is 2. The number of carbonyl (C=O) groups excluding carboxylic acids is 1. The summed E-state index contributed by atoms with van der Waals surface area (Å²) in [4.78, 5) is 22.6. The Labute approximate surface area is 132 Å². The van der Waals surface area contributed by atoms with Gasteiger partial charge in [-0.3, -0.25) is 0 Å². The highest BCUT2D eigenvalue weighted by molar-refractivity contribution is 5.89. The minimum Gasteiger partial charge on any atom is -0.489 e. The molecule has 5 nitrogen and oxygen atoms in total. The fraction of sp³-hybridized carbons (Fsp3) is 0.111. The molecule has 5 heteroatoms. The molecule has 0 N–H and O–H groups in total. The Balaban J connectivity index is 1.72. The number of rotatable bonds is 4. The molecule has 0 saturated heterocycles. The molecule has 0 radical (unpaired) electrons. The maximum atomic E-state index is 11.4. The summed E-state index contributed by atoms with van der Waals surface area (Å²) in [7, 11) is 1.34. The smallest absolute Gasteiger partial charge is 0.337 e. The Morgan fingerprint density at radius 3 is 2.52 bits per heavy atom. The molecule has 0 spiro atoms. The second kappa shape index (κ2) is 6.36. The van der Waals surface area contributed by atoms with Crippen LogP contribution in [0.25, 0.3) is 11.0 Å². The molecule has 0 aliphatic rings.